The SMILES string of the molecule is CCNC(=O)N1CC[C@@H](NC(=O)N2CCC=C(c3ccccc3)C2)C1. The molecule has 1 atom stereocenters. The summed E-state index contributed by atoms with van der Waals surface area (Å²) in [6.45, 7) is 5.15. The molecule has 2 heterocycles. The maximum Gasteiger partial charge on any atom is 0.317 e. The Morgan fingerprint density at radius 1 is 1.12 bits per heavy atom. The zero-order valence-corrected chi connectivity index (χ0v) is 14.7. The van der Waals surface area contributed by atoms with Crippen molar-refractivity contribution < 1.29 is 9.59 Å². The summed E-state index contributed by atoms with van der Waals surface area (Å²) in [5, 5.41) is 5.89. The van der Waals surface area contributed by atoms with Gasteiger partial charge in [0, 0.05) is 38.8 Å². The lowest BCUT2D eigenvalue weighted by molar-refractivity contribution is 0.196. The molecule has 1 saturated heterocycles. The second-order valence-electron chi connectivity index (χ2n) is 6.52. The second kappa shape index (κ2) is 8.05. The number of carbonyl (C=O) groups is 2. The summed E-state index contributed by atoms with van der Waals surface area (Å²) in [4.78, 5) is 28.1. The van der Waals surface area contributed by atoms with Crippen LogP contribution in [0, 0.1) is 0 Å². The van der Waals surface area contributed by atoms with Crippen molar-refractivity contribution in [1.29, 1.82) is 0 Å². The molecule has 1 fully saturated rings. The standard InChI is InChI=1S/C19H26N4O2/c1-2-20-18(24)23-12-10-17(14-23)21-19(25)22-11-6-9-16(13-22)15-7-4-3-5-8-15/h3-5,7-9,17H,2,6,10-14H2,1H3,(H,20,24)(H,21,25)/t17-/m1/s1. The van der Waals surface area contributed by atoms with Crippen LogP contribution in [0.3, 0.4) is 0 Å². The zero-order valence-electron chi connectivity index (χ0n) is 14.7. The quantitative estimate of drug-likeness (QED) is 0.885. The van der Waals surface area contributed by atoms with Gasteiger partial charge in [0.15, 0.2) is 0 Å². The van der Waals surface area contributed by atoms with Crippen LogP contribution in [0.2, 0.25) is 0 Å². The van der Waals surface area contributed by atoms with Crippen molar-refractivity contribution in [2.45, 2.75) is 25.8 Å². The molecular formula is C19H26N4O2. The van der Waals surface area contributed by atoms with E-state index in [0.29, 0.717) is 26.2 Å². The van der Waals surface area contributed by atoms with Crippen LogP contribution in [0.1, 0.15) is 25.3 Å². The van der Waals surface area contributed by atoms with Crippen molar-refractivity contribution in [3.8, 4) is 0 Å². The van der Waals surface area contributed by atoms with Gasteiger partial charge >= 0.3 is 12.1 Å². The van der Waals surface area contributed by atoms with Gasteiger partial charge in [0.1, 0.15) is 0 Å². The molecule has 3 rings (SSSR count). The van der Waals surface area contributed by atoms with Gasteiger partial charge in [-0.05, 0) is 30.9 Å². The first-order valence-corrected chi connectivity index (χ1v) is 9.00. The first kappa shape index (κ1) is 17.3. The van der Waals surface area contributed by atoms with Crippen LogP contribution in [0.4, 0.5) is 9.59 Å². The number of amides is 4. The molecule has 6 heteroatoms. The molecule has 0 aliphatic carbocycles. The van der Waals surface area contributed by atoms with E-state index in [4.69, 9.17) is 0 Å². The average Bonchev–Trinajstić information content (AvgIpc) is 3.11. The maximum absolute atomic E-state index is 12.6. The molecule has 2 N–H and O–H groups in total. The van der Waals surface area contributed by atoms with Crippen LogP contribution in [0.25, 0.3) is 5.57 Å². The predicted molar refractivity (Wildman–Crippen MR) is 98.2 cm³/mol. The third kappa shape index (κ3) is 4.32. The highest BCUT2D eigenvalue weighted by Crippen LogP contribution is 2.21. The van der Waals surface area contributed by atoms with Gasteiger partial charge in [0.2, 0.25) is 0 Å². The van der Waals surface area contributed by atoms with Crippen molar-refractivity contribution in [2.75, 3.05) is 32.7 Å². The fourth-order valence-corrected chi connectivity index (χ4v) is 3.37. The molecule has 6 nitrogen and oxygen atoms in total. The largest absolute Gasteiger partial charge is 0.338 e. The van der Waals surface area contributed by atoms with Gasteiger partial charge in [-0.15, -0.1) is 0 Å². The van der Waals surface area contributed by atoms with E-state index >= 15 is 0 Å². The summed E-state index contributed by atoms with van der Waals surface area (Å²) in [5.41, 5.74) is 2.36. The Bertz CT molecular complexity index is 644. The first-order valence-electron chi connectivity index (χ1n) is 9.00. The Morgan fingerprint density at radius 3 is 2.68 bits per heavy atom. The van der Waals surface area contributed by atoms with Crippen LogP contribution < -0.4 is 10.6 Å². The van der Waals surface area contributed by atoms with Gasteiger partial charge < -0.3 is 20.4 Å². The summed E-state index contributed by atoms with van der Waals surface area (Å²) >= 11 is 0. The van der Waals surface area contributed by atoms with E-state index in [2.05, 4.69) is 28.8 Å². The molecular weight excluding hydrogens is 316 g/mol. The highest BCUT2D eigenvalue weighted by molar-refractivity contribution is 5.79. The minimum absolute atomic E-state index is 0.0289. The Hall–Kier alpha value is -2.50. The second-order valence-corrected chi connectivity index (χ2v) is 6.52. The molecule has 1 aromatic rings. The number of hydrogen-bond acceptors (Lipinski definition) is 2. The van der Waals surface area contributed by atoms with Crippen molar-refractivity contribution in [3.63, 3.8) is 0 Å². The molecule has 2 aliphatic heterocycles. The van der Waals surface area contributed by atoms with E-state index in [1.54, 1.807) is 4.90 Å². The van der Waals surface area contributed by atoms with Crippen LogP contribution in [-0.4, -0.2) is 60.6 Å². The van der Waals surface area contributed by atoms with Gasteiger partial charge in [-0.1, -0.05) is 36.4 Å². The van der Waals surface area contributed by atoms with Gasteiger partial charge in [-0.2, -0.15) is 0 Å². The number of likely N-dealkylation sites (tertiary alicyclic amines) is 1. The number of carbonyl (C=O) groups excluding carboxylic acids is 2. The topological polar surface area (TPSA) is 64.7 Å². The van der Waals surface area contributed by atoms with Crippen molar-refractivity contribution >= 4 is 17.6 Å². The van der Waals surface area contributed by atoms with Crippen LogP contribution >= 0.6 is 0 Å². The van der Waals surface area contributed by atoms with E-state index in [1.807, 2.05) is 30.0 Å². The van der Waals surface area contributed by atoms with Crippen molar-refractivity contribution in [2.24, 2.45) is 0 Å². The van der Waals surface area contributed by atoms with Gasteiger partial charge in [-0.3, -0.25) is 0 Å². The molecule has 0 saturated carbocycles. The molecule has 2 aliphatic rings. The molecule has 0 radical (unpaired) electrons. The van der Waals surface area contributed by atoms with E-state index in [0.717, 1.165) is 19.4 Å². The average molecular weight is 342 g/mol. The van der Waals surface area contributed by atoms with Crippen molar-refractivity contribution in [3.05, 3.63) is 42.0 Å². The van der Waals surface area contributed by atoms with Crippen LogP contribution in [0.15, 0.2) is 36.4 Å². The Morgan fingerprint density at radius 2 is 1.92 bits per heavy atom. The van der Waals surface area contributed by atoms with Gasteiger partial charge in [-0.25, -0.2) is 9.59 Å². The zero-order chi connectivity index (χ0) is 17.6. The molecule has 1 aromatic carbocycles. The Kier molecular flexibility index (Phi) is 5.58. The smallest absolute Gasteiger partial charge is 0.317 e. The highest BCUT2D eigenvalue weighted by Gasteiger charge is 2.29. The minimum atomic E-state index is -0.0495. The van der Waals surface area contributed by atoms with E-state index < -0.39 is 0 Å². The molecule has 0 spiro atoms. The lowest BCUT2D eigenvalue weighted by Crippen LogP contribution is -2.48. The highest BCUT2D eigenvalue weighted by atomic mass is 16.2. The Balaban J connectivity index is 1.52. The number of rotatable bonds is 3. The summed E-state index contributed by atoms with van der Waals surface area (Å²) in [6, 6.07) is 10.1. The Labute approximate surface area is 148 Å². The number of nitrogens with one attached hydrogen (secondary N) is 2. The number of benzene rings is 1. The van der Waals surface area contributed by atoms with Crippen molar-refractivity contribution in [1.82, 2.24) is 20.4 Å². The van der Waals surface area contributed by atoms with Gasteiger partial charge in [0.05, 0.1) is 0 Å². The van der Waals surface area contributed by atoms with E-state index in [-0.39, 0.29) is 18.1 Å². The first-order chi connectivity index (χ1) is 12.2. The molecule has 0 bridgehead atoms. The lowest BCUT2D eigenvalue weighted by atomic mass is 10.0. The molecule has 4 amide bonds. The fraction of sp³-hybridized carbons (Fsp3) is 0.474. The normalized spacial score (nSPS) is 20.2. The number of hydrogen-bond donors (Lipinski definition) is 2. The summed E-state index contributed by atoms with van der Waals surface area (Å²) in [5.74, 6) is 0. The van der Waals surface area contributed by atoms with E-state index in [9.17, 15) is 9.59 Å². The fourth-order valence-electron chi connectivity index (χ4n) is 3.37. The molecule has 0 aromatic heterocycles. The maximum atomic E-state index is 12.6. The third-order valence-electron chi connectivity index (χ3n) is 4.71. The van der Waals surface area contributed by atoms with E-state index in [1.165, 1.54) is 11.1 Å². The third-order valence-corrected chi connectivity index (χ3v) is 4.71. The minimum Gasteiger partial charge on any atom is -0.338 e. The summed E-state index contributed by atoms with van der Waals surface area (Å²) in [7, 11) is 0. The van der Waals surface area contributed by atoms with Crippen LogP contribution in [0.5, 0.6) is 0 Å². The lowest BCUT2D eigenvalue weighted by Gasteiger charge is -2.29. The molecule has 0 unspecified atom stereocenters. The number of nitrogens with zero attached hydrogens (tertiary/aromatic N) is 2. The van der Waals surface area contributed by atoms with Gasteiger partial charge in [0.25, 0.3) is 0 Å². The summed E-state index contributed by atoms with van der Waals surface area (Å²) < 4.78 is 0. The predicted octanol–water partition coefficient (Wildman–Crippen LogP) is 2.29. The number of urea groups is 2. The summed E-state index contributed by atoms with van der Waals surface area (Å²) in [6.07, 6.45) is 3.89. The van der Waals surface area contributed by atoms with Crippen LogP contribution in [-0.2, 0) is 0 Å². The molecule has 25 heavy (non-hydrogen) atoms. The monoisotopic (exact) mass is 342 g/mol. The molecule has 134 valence electrons.